The summed E-state index contributed by atoms with van der Waals surface area (Å²) < 4.78 is 1.42. The second-order valence-corrected chi connectivity index (χ2v) is 16.4. The van der Waals surface area contributed by atoms with Gasteiger partial charge < -0.3 is 9.80 Å². The molecule has 254 valence electrons. The van der Waals surface area contributed by atoms with Gasteiger partial charge in [-0.15, -0.1) is 11.3 Å². The number of fused-ring (bicyclic) bond motifs is 15. The first-order chi connectivity index (χ1) is 26.7. The molecule has 0 unspecified atom stereocenters. The van der Waals surface area contributed by atoms with Crippen molar-refractivity contribution in [3.8, 4) is 22.3 Å². The Hall–Kier alpha value is -6.10. The summed E-state index contributed by atoms with van der Waals surface area (Å²) in [5, 5.41) is 0. The maximum absolute atomic E-state index is 2.60. The lowest BCUT2D eigenvalue weighted by molar-refractivity contribution is 0.799. The zero-order valence-corrected chi connectivity index (χ0v) is 30.9. The maximum Gasteiger partial charge on any atom is 0.264 e. The normalized spacial score (nSPS) is 14.7. The molecular formula is C50H35BN2S. The SMILES string of the molecule is CC(C)c1ccc2c(c1)C1(c3ccccc3-c3ccccc31)c1sc3c(c1-2)N(c1ccccc1)c1cccc2c1B3c1ccccc1N2c1ccccc1. The number of rotatable bonds is 3. The highest BCUT2D eigenvalue weighted by molar-refractivity contribution is 7.30. The highest BCUT2D eigenvalue weighted by atomic mass is 32.1. The van der Waals surface area contributed by atoms with Gasteiger partial charge in [-0.1, -0.05) is 141 Å². The molecule has 7 aromatic carbocycles. The van der Waals surface area contributed by atoms with E-state index in [-0.39, 0.29) is 6.71 Å². The third kappa shape index (κ3) is 3.71. The highest BCUT2D eigenvalue weighted by Gasteiger charge is 2.56. The monoisotopic (exact) mass is 706 g/mol. The van der Waals surface area contributed by atoms with Gasteiger partial charge in [0, 0.05) is 43.7 Å². The van der Waals surface area contributed by atoms with Gasteiger partial charge in [-0.25, -0.2) is 0 Å². The van der Waals surface area contributed by atoms with Gasteiger partial charge in [0.25, 0.3) is 6.71 Å². The summed E-state index contributed by atoms with van der Waals surface area (Å²) in [6, 6.07) is 63.8. The van der Waals surface area contributed by atoms with Crippen LogP contribution in [0.5, 0.6) is 0 Å². The van der Waals surface area contributed by atoms with Gasteiger partial charge in [0.2, 0.25) is 0 Å². The average molecular weight is 707 g/mol. The fourth-order valence-corrected chi connectivity index (χ4v) is 11.9. The number of anilines is 6. The number of thiophene rings is 1. The smallest absolute Gasteiger partial charge is 0.264 e. The predicted molar refractivity (Wildman–Crippen MR) is 229 cm³/mol. The van der Waals surface area contributed by atoms with E-state index in [1.165, 1.54) is 99.2 Å². The third-order valence-electron chi connectivity index (χ3n) is 12.4. The first-order valence-corrected chi connectivity index (χ1v) is 19.9. The van der Waals surface area contributed by atoms with Gasteiger partial charge in [-0.05, 0) is 98.3 Å². The molecule has 12 rings (SSSR count). The number of hydrogen-bond acceptors (Lipinski definition) is 3. The Labute approximate surface area is 320 Å². The number of nitrogens with zero attached hydrogens (tertiary/aromatic N) is 2. The molecule has 0 atom stereocenters. The van der Waals surface area contributed by atoms with Crippen LogP contribution in [0.4, 0.5) is 34.1 Å². The molecule has 4 heteroatoms. The minimum Gasteiger partial charge on any atom is -0.311 e. The minimum atomic E-state index is -0.410. The van der Waals surface area contributed by atoms with E-state index >= 15 is 0 Å². The zero-order valence-electron chi connectivity index (χ0n) is 30.1. The topological polar surface area (TPSA) is 6.48 Å². The van der Waals surface area contributed by atoms with E-state index in [0.29, 0.717) is 5.92 Å². The van der Waals surface area contributed by atoms with Crippen molar-refractivity contribution in [2.24, 2.45) is 0 Å². The molecule has 0 fully saturated rings. The molecule has 4 aliphatic rings. The lowest BCUT2D eigenvalue weighted by Crippen LogP contribution is -2.60. The molecule has 0 amide bonds. The van der Waals surface area contributed by atoms with Gasteiger partial charge in [0.1, 0.15) is 0 Å². The molecule has 0 radical (unpaired) electrons. The molecule has 2 aliphatic heterocycles. The summed E-state index contributed by atoms with van der Waals surface area (Å²) in [4.78, 5) is 6.52. The Kier molecular flexibility index (Phi) is 6.17. The van der Waals surface area contributed by atoms with Crippen LogP contribution in [0.3, 0.4) is 0 Å². The fourth-order valence-electron chi connectivity index (χ4n) is 10.3. The van der Waals surface area contributed by atoms with Crippen LogP contribution in [0.2, 0.25) is 0 Å². The number of hydrogen-bond donors (Lipinski definition) is 0. The maximum atomic E-state index is 2.60. The van der Waals surface area contributed by atoms with Crippen molar-refractivity contribution in [2.45, 2.75) is 25.2 Å². The first kappa shape index (κ1) is 30.4. The molecular weight excluding hydrogens is 671 g/mol. The standard InChI is InChI=1S/C50H35BN2S/c1-31(2)32-28-29-37-40(30-32)50(38-22-11-9-20-35(38)36-21-10-12-23-39(36)50)48-45(37)47-49(54-48)51-41-24-13-14-25-42(41)52(33-16-5-3-6-17-33)43-26-15-27-44(46(43)51)53(47)34-18-7-4-8-19-34/h3-31H,1-2H3. The Balaban J connectivity index is 1.24. The van der Waals surface area contributed by atoms with Crippen LogP contribution < -0.4 is 25.5 Å². The lowest BCUT2D eigenvalue weighted by Gasteiger charge is -2.43. The van der Waals surface area contributed by atoms with Gasteiger partial charge >= 0.3 is 0 Å². The van der Waals surface area contributed by atoms with Crippen LogP contribution in [0.15, 0.2) is 170 Å². The number of para-hydroxylation sites is 3. The van der Waals surface area contributed by atoms with Gasteiger partial charge in [-0.3, -0.25) is 0 Å². The fraction of sp³-hybridized carbons (Fsp3) is 0.0800. The molecule has 0 N–H and O–H groups in total. The van der Waals surface area contributed by atoms with Gasteiger partial charge in [0.05, 0.1) is 11.1 Å². The van der Waals surface area contributed by atoms with E-state index < -0.39 is 5.41 Å². The zero-order chi connectivity index (χ0) is 35.7. The largest absolute Gasteiger partial charge is 0.311 e. The van der Waals surface area contributed by atoms with Crippen LogP contribution in [-0.4, -0.2) is 6.71 Å². The van der Waals surface area contributed by atoms with Crippen LogP contribution in [0, 0.1) is 0 Å². The molecule has 2 aliphatic carbocycles. The van der Waals surface area contributed by atoms with Gasteiger partial charge in [-0.2, -0.15) is 0 Å². The van der Waals surface area contributed by atoms with E-state index in [2.05, 4.69) is 205 Å². The van der Waals surface area contributed by atoms with E-state index in [1.54, 1.807) is 0 Å². The third-order valence-corrected chi connectivity index (χ3v) is 13.8. The van der Waals surface area contributed by atoms with Crippen LogP contribution in [0.25, 0.3) is 22.3 Å². The van der Waals surface area contributed by atoms with Crippen molar-refractivity contribution in [3.05, 3.63) is 197 Å². The van der Waals surface area contributed by atoms with Crippen molar-refractivity contribution in [1.82, 2.24) is 0 Å². The Morgan fingerprint density at radius 1 is 0.519 bits per heavy atom. The molecule has 0 saturated heterocycles. The van der Waals surface area contributed by atoms with Crippen molar-refractivity contribution in [3.63, 3.8) is 0 Å². The van der Waals surface area contributed by atoms with E-state index in [1.807, 2.05) is 0 Å². The van der Waals surface area contributed by atoms with Crippen molar-refractivity contribution < 1.29 is 0 Å². The first-order valence-electron chi connectivity index (χ1n) is 19.1. The molecule has 0 bridgehead atoms. The Morgan fingerprint density at radius 2 is 1.09 bits per heavy atom. The average Bonchev–Trinajstić information content (AvgIpc) is 3.85. The van der Waals surface area contributed by atoms with Crippen LogP contribution in [0.1, 0.15) is 46.9 Å². The summed E-state index contributed by atoms with van der Waals surface area (Å²) in [6.45, 7) is 4.73. The van der Waals surface area contributed by atoms with Crippen molar-refractivity contribution in [1.29, 1.82) is 0 Å². The predicted octanol–water partition coefficient (Wildman–Crippen LogP) is 11.3. The van der Waals surface area contributed by atoms with E-state index in [9.17, 15) is 0 Å². The van der Waals surface area contributed by atoms with Crippen molar-refractivity contribution in [2.75, 3.05) is 9.80 Å². The summed E-state index contributed by atoms with van der Waals surface area (Å²) >= 11 is 2.06. The number of benzene rings is 7. The van der Waals surface area contributed by atoms with Crippen molar-refractivity contribution >= 4 is 67.9 Å². The van der Waals surface area contributed by atoms with Gasteiger partial charge in [0.15, 0.2) is 0 Å². The molecule has 1 spiro atoms. The quantitative estimate of drug-likeness (QED) is 0.169. The summed E-state index contributed by atoms with van der Waals surface area (Å²) in [5.41, 5.74) is 20.8. The van der Waals surface area contributed by atoms with E-state index in [0.717, 1.165) is 0 Å². The van der Waals surface area contributed by atoms with Crippen LogP contribution in [-0.2, 0) is 5.41 Å². The highest BCUT2D eigenvalue weighted by Crippen LogP contribution is 2.67. The summed E-state index contributed by atoms with van der Waals surface area (Å²) in [5.74, 6) is 0.421. The van der Waals surface area contributed by atoms with E-state index in [4.69, 9.17) is 0 Å². The molecule has 54 heavy (non-hydrogen) atoms. The minimum absolute atomic E-state index is 0.0836. The molecule has 2 nitrogen and oxygen atoms in total. The lowest BCUT2D eigenvalue weighted by atomic mass is 9.36. The summed E-state index contributed by atoms with van der Waals surface area (Å²) in [7, 11) is 0. The second-order valence-electron chi connectivity index (χ2n) is 15.4. The molecule has 1 aromatic heterocycles. The molecule has 0 saturated carbocycles. The molecule has 3 heterocycles. The Bertz CT molecular complexity index is 2790. The summed E-state index contributed by atoms with van der Waals surface area (Å²) in [6.07, 6.45) is 0. The second kappa shape index (κ2) is 11.0. The Morgan fingerprint density at radius 3 is 1.78 bits per heavy atom. The molecule has 8 aromatic rings. The van der Waals surface area contributed by atoms with Crippen LogP contribution >= 0.6 is 11.3 Å².